The lowest BCUT2D eigenvalue weighted by Gasteiger charge is -2.34. The monoisotopic (exact) mass is 384 g/mol. The molecule has 1 aromatic heterocycles. The first-order valence-corrected chi connectivity index (χ1v) is 10.7. The van der Waals surface area contributed by atoms with Crippen LogP contribution in [0.5, 0.6) is 0 Å². The van der Waals surface area contributed by atoms with Crippen LogP contribution in [0.3, 0.4) is 0 Å². The highest BCUT2D eigenvalue weighted by molar-refractivity contribution is 7.90. The highest BCUT2D eigenvalue weighted by Gasteiger charge is 2.41. The first kappa shape index (κ1) is 17.9. The van der Waals surface area contributed by atoms with Gasteiger partial charge in [-0.1, -0.05) is 30.3 Å². The van der Waals surface area contributed by atoms with Crippen LogP contribution in [0.1, 0.15) is 24.3 Å². The van der Waals surface area contributed by atoms with Crippen LogP contribution in [-0.2, 0) is 20.0 Å². The van der Waals surface area contributed by atoms with E-state index in [9.17, 15) is 8.42 Å². The van der Waals surface area contributed by atoms with E-state index in [-0.39, 0.29) is 10.3 Å². The molecule has 3 aromatic rings. The minimum Gasteiger partial charge on any atom is -0.420 e. The van der Waals surface area contributed by atoms with Crippen molar-refractivity contribution in [1.29, 1.82) is 0 Å². The fourth-order valence-electron chi connectivity index (χ4n) is 3.48. The number of rotatable bonds is 4. The zero-order valence-corrected chi connectivity index (χ0v) is 15.8. The van der Waals surface area contributed by atoms with Crippen LogP contribution in [-0.4, -0.2) is 38.1 Å². The molecule has 1 fully saturated rings. The second-order valence-electron chi connectivity index (χ2n) is 6.77. The van der Waals surface area contributed by atoms with E-state index in [4.69, 9.17) is 9.15 Å². The maximum absolute atomic E-state index is 11.6. The lowest BCUT2D eigenvalue weighted by Crippen LogP contribution is -2.35. The van der Waals surface area contributed by atoms with Gasteiger partial charge in [0, 0.05) is 25.0 Å². The molecule has 6 nitrogen and oxygen atoms in total. The molecule has 0 aliphatic carbocycles. The van der Waals surface area contributed by atoms with E-state index < -0.39 is 9.84 Å². The predicted octanol–water partition coefficient (Wildman–Crippen LogP) is 3.24. The normalized spacial score (nSPS) is 16.9. The van der Waals surface area contributed by atoms with Gasteiger partial charge in [-0.3, -0.25) is 0 Å². The molecule has 1 saturated heterocycles. The van der Waals surface area contributed by atoms with Gasteiger partial charge >= 0.3 is 0 Å². The van der Waals surface area contributed by atoms with E-state index in [1.807, 2.05) is 18.2 Å². The Morgan fingerprint density at radius 1 is 0.926 bits per heavy atom. The molecule has 0 unspecified atom stereocenters. The molecular weight excluding hydrogens is 364 g/mol. The first-order valence-electron chi connectivity index (χ1n) is 8.77. The van der Waals surface area contributed by atoms with Gasteiger partial charge < -0.3 is 9.15 Å². The van der Waals surface area contributed by atoms with Crippen molar-refractivity contribution in [3.05, 3.63) is 66.1 Å². The number of sulfone groups is 1. The largest absolute Gasteiger partial charge is 0.420 e. The minimum atomic E-state index is -3.24. The van der Waals surface area contributed by atoms with Crippen molar-refractivity contribution in [2.45, 2.75) is 23.2 Å². The molecule has 7 heteroatoms. The second-order valence-corrected chi connectivity index (χ2v) is 8.79. The average Bonchev–Trinajstić information content (AvgIpc) is 3.19. The van der Waals surface area contributed by atoms with Gasteiger partial charge in [-0.2, -0.15) is 0 Å². The van der Waals surface area contributed by atoms with Gasteiger partial charge in [0.1, 0.15) is 0 Å². The van der Waals surface area contributed by atoms with Crippen LogP contribution in [0.15, 0.2) is 63.9 Å². The SMILES string of the molecule is CS(=O)(=O)c1ccc(-c2nnc(C3(c4ccccc4)CCOCC3)o2)cc1. The Labute approximate surface area is 158 Å². The number of hydrogen-bond donors (Lipinski definition) is 0. The van der Waals surface area contributed by atoms with Crippen LogP contribution in [0, 0.1) is 0 Å². The zero-order valence-electron chi connectivity index (χ0n) is 15.0. The van der Waals surface area contributed by atoms with Gasteiger partial charge in [0.25, 0.3) is 0 Å². The van der Waals surface area contributed by atoms with Gasteiger partial charge in [0.15, 0.2) is 9.84 Å². The van der Waals surface area contributed by atoms with E-state index in [0.717, 1.165) is 18.4 Å². The molecule has 1 aliphatic rings. The van der Waals surface area contributed by atoms with Crippen molar-refractivity contribution in [2.75, 3.05) is 19.5 Å². The molecule has 0 radical (unpaired) electrons. The second kappa shape index (κ2) is 6.90. The first-order chi connectivity index (χ1) is 13.0. The number of aromatic nitrogens is 2. The quantitative estimate of drug-likeness (QED) is 0.687. The summed E-state index contributed by atoms with van der Waals surface area (Å²) < 4.78 is 34.9. The molecule has 4 rings (SSSR count). The lowest BCUT2D eigenvalue weighted by atomic mass is 9.74. The molecule has 2 heterocycles. The minimum absolute atomic E-state index is 0.260. The molecule has 1 aliphatic heterocycles. The van der Waals surface area contributed by atoms with Crippen LogP contribution < -0.4 is 0 Å². The molecule has 0 atom stereocenters. The third kappa shape index (κ3) is 3.40. The Hall–Kier alpha value is -2.51. The molecule has 2 aromatic carbocycles. The number of benzene rings is 2. The van der Waals surface area contributed by atoms with Crippen molar-refractivity contribution in [3.63, 3.8) is 0 Å². The molecule has 0 N–H and O–H groups in total. The maximum Gasteiger partial charge on any atom is 0.247 e. The zero-order chi connectivity index (χ0) is 18.9. The summed E-state index contributed by atoms with van der Waals surface area (Å²) in [7, 11) is -3.24. The standard InChI is InChI=1S/C20H20N2O4S/c1-27(23,24)17-9-7-15(8-10-17)18-21-22-19(26-18)20(11-13-25-14-12-20)16-5-3-2-4-6-16/h2-10H,11-14H2,1H3. The van der Waals surface area contributed by atoms with Crippen LogP contribution in [0.25, 0.3) is 11.5 Å². The van der Waals surface area contributed by atoms with E-state index in [0.29, 0.717) is 30.6 Å². The molecular formula is C20H20N2O4S. The van der Waals surface area contributed by atoms with Gasteiger partial charge in [0.2, 0.25) is 11.8 Å². The van der Waals surface area contributed by atoms with Crippen molar-refractivity contribution in [3.8, 4) is 11.5 Å². The number of ether oxygens (including phenoxy) is 1. The van der Waals surface area contributed by atoms with Crippen LogP contribution in [0.4, 0.5) is 0 Å². The number of nitrogens with zero attached hydrogens (tertiary/aromatic N) is 2. The Morgan fingerprint density at radius 2 is 1.59 bits per heavy atom. The van der Waals surface area contributed by atoms with Crippen LogP contribution in [0.2, 0.25) is 0 Å². The topological polar surface area (TPSA) is 82.3 Å². The average molecular weight is 384 g/mol. The summed E-state index contributed by atoms with van der Waals surface area (Å²) >= 11 is 0. The molecule has 0 spiro atoms. The van der Waals surface area contributed by atoms with Gasteiger partial charge in [-0.25, -0.2) is 8.42 Å². The summed E-state index contributed by atoms with van der Waals surface area (Å²) in [6, 6.07) is 16.6. The Bertz CT molecular complexity index is 1020. The van der Waals surface area contributed by atoms with Crippen molar-refractivity contribution in [1.82, 2.24) is 10.2 Å². The summed E-state index contributed by atoms with van der Waals surface area (Å²) in [4.78, 5) is 0.260. The van der Waals surface area contributed by atoms with Gasteiger partial charge in [-0.05, 0) is 42.7 Å². The lowest BCUT2D eigenvalue weighted by molar-refractivity contribution is 0.0546. The highest BCUT2D eigenvalue weighted by atomic mass is 32.2. The Kier molecular flexibility index (Phi) is 4.57. The molecule has 0 bridgehead atoms. The van der Waals surface area contributed by atoms with Crippen molar-refractivity contribution >= 4 is 9.84 Å². The fraction of sp³-hybridized carbons (Fsp3) is 0.300. The maximum atomic E-state index is 11.6. The summed E-state index contributed by atoms with van der Waals surface area (Å²) in [6.07, 6.45) is 2.72. The summed E-state index contributed by atoms with van der Waals surface area (Å²) in [5.74, 6) is 0.950. The molecule has 0 amide bonds. The predicted molar refractivity (Wildman–Crippen MR) is 100 cm³/mol. The third-order valence-corrected chi connectivity index (χ3v) is 6.17. The van der Waals surface area contributed by atoms with Crippen LogP contribution >= 0.6 is 0 Å². The van der Waals surface area contributed by atoms with E-state index >= 15 is 0 Å². The van der Waals surface area contributed by atoms with Gasteiger partial charge in [0.05, 0.1) is 10.3 Å². The Balaban J connectivity index is 1.72. The summed E-state index contributed by atoms with van der Waals surface area (Å²) in [5, 5.41) is 8.56. The highest BCUT2D eigenvalue weighted by Crippen LogP contribution is 2.41. The molecule has 0 saturated carbocycles. The Morgan fingerprint density at radius 3 is 2.22 bits per heavy atom. The molecule has 27 heavy (non-hydrogen) atoms. The molecule has 140 valence electrons. The van der Waals surface area contributed by atoms with Crippen molar-refractivity contribution in [2.24, 2.45) is 0 Å². The van der Waals surface area contributed by atoms with E-state index in [1.54, 1.807) is 24.3 Å². The van der Waals surface area contributed by atoms with Gasteiger partial charge in [-0.15, -0.1) is 10.2 Å². The van der Waals surface area contributed by atoms with E-state index in [2.05, 4.69) is 22.3 Å². The number of hydrogen-bond acceptors (Lipinski definition) is 6. The van der Waals surface area contributed by atoms with E-state index in [1.165, 1.54) is 6.26 Å². The smallest absolute Gasteiger partial charge is 0.247 e. The summed E-state index contributed by atoms with van der Waals surface area (Å²) in [5.41, 5.74) is 1.46. The fourth-order valence-corrected chi connectivity index (χ4v) is 4.11. The third-order valence-electron chi connectivity index (χ3n) is 5.04. The summed E-state index contributed by atoms with van der Waals surface area (Å²) in [6.45, 7) is 1.27. The van der Waals surface area contributed by atoms with Crippen molar-refractivity contribution < 1.29 is 17.6 Å².